The van der Waals surface area contributed by atoms with Crippen molar-refractivity contribution in [1.82, 2.24) is 14.8 Å². The van der Waals surface area contributed by atoms with Crippen LogP contribution < -0.4 is 5.32 Å². The molecule has 2 aromatic rings. The first-order valence-electron chi connectivity index (χ1n) is 11.5. The van der Waals surface area contributed by atoms with Crippen LogP contribution in [0.5, 0.6) is 0 Å². The summed E-state index contributed by atoms with van der Waals surface area (Å²) in [6, 6.07) is 10.3. The van der Waals surface area contributed by atoms with Gasteiger partial charge in [0.15, 0.2) is 0 Å². The molecule has 1 aliphatic heterocycles. The molecular formula is C25H33ClN4O. The summed E-state index contributed by atoms with van der Waals surface area (Å²) < 4.78 is 0. The lowest BCUT2D eigenvalue weighted by Crippen LogP contribution is -2.56. The van der Waals surface area contributed by atoms with Crippen molar-refractivity contribution in [1.29, 1.82) is 0 Å². The predicted octanol–water partition coefficient (Wildman–Crippen LogP) is 5.38. The normalized spacial score (nSPS) is 19.4. The molecule has 166 valence electrons. The van der Waals surface area contributed by atoms with Gasteiger partial charge in [0.05, 0.1) is 0 Å². The minimum Gasteiger partial charge on any atom is -0.319 e. The number of fused-ring (bicyclic) bond motifs is 1. The van der Waals surface area contributed by atoms with Gasteiger partial charge in [-0.2, -0.15) is 0 Å². The van der Waals surface area contributed by atoms with Gasteiger partial charge in [0.2, 0.25) is 0 Å². The second-order valence-corrected chi connectivity index (χ2v) is 9.75. The van der Waals surface area contributed by atoms with Crippen LogP contribution >= 0.6 is 11.6 Å². The molecule has 0 bridgehead atoms. The number of halogens is 1. The van der Waals surface area contributed by atoms with E-state index in [1.165, 1.54) is 29.5 Å². The van der Waals surface area contributed by atoms with Crippen LogP contribution in [0.2, 0.25) is 5.02 Å². The first-order chi connectivity index (χ1) is 15.0. The number of amides is 2. The Kier molecular flexibility index (Phi) is 7.13. The summed E-state index contributed by atoms with van der Waals surface area (Å²) in [6.45, 7) is 7.79. The fourth-order valence-electron chi connectivity index (χ4n) is 4.79. The zero-order chi connectivity index (χ0) is 21.8. The van der Waals surface area contributed by atoms with Gasteiger partial charge in [0.1, 0.15) is 5.82 Å². The van der Waals surface area contributed by atoms with E-state index in [1.54, 1.807) is 0 Å². The summed E-state index contributed by atoms with van der Waals surface area (Å²) in [6.07, 6.45) is 7.57. The van der Waals surface area contributed by atoms with Crippen molar-refractivity contribution in [3.05, 3.63) is 58.2 Å². The Balaban J connectivity index is 1.41. The fourth-order valence-corrected chi connectivity index (χ4v) is 4.91. The van der Waals surface area contributed by atoms with Crippen molar-refractivity contribution in [2.24, 2.45) is 5.92 Å². The summed E-state index contributed by atoms with van der Waals surface area (Å²) in [4.78, 5) is 22.1. The third kappa shape index (κ3) is 5.78. The number of benzene rings is 1. The van der Waals surface area contributed by atoms with Crippen LogP contribution in [-0.4, -0.2) is 46.5 Å². The van der Waals surface area contributed by atoms with E-state index in [9.17, 15) is 4.79 Å². The molecule has 2 amide bonds. The summed E-state index contributed by atoms with van der Waals surface area (Å²) in [7, 11) is 0. The zero-order valence-electron chi connectivity index (χ0n) is 18.6. The van der Waals surface area contributed by atoms with E-state index in [0.29, 0.717) is 11.7 Å². The highest BCUT2D eigenvalue weighted by Crippen LogP contribution is 2.24. The van der Waals surface area contributed by atoms with Gasteiger partial charge in [-0.05, 0) is 72.9 Å². The minimum atomic E-state index is -0.0277. The molecule has 2 aliphatic rings. The van der Waals surface area contributed by atoms with Gasteiger partial charge in [-0.15, -0.1) is 0 Å². The lowest BCUT2D eigenvalue weighted by atomic mass is 9.93. The molecule has 1 aliphatic carbocycles. The molecule has 1 atom stereocenters. The summed E-state index contributed by atoms with van der Waals surface area (Å²) in [5.41, 5.74) is 3.92. The van der Waals surface area contributed by atoms with Gasteiger partial charge in [0.25, 0.3) is 0 Å². The maximum absolute atomic E-state index is 13.2. The van der Waals surface area contributed by atoms with Gasteiger partial charge in [-0.25, -0.2) is 9.78 Å². The highest BCUT2D eigenvalue weighted by molar-refractivity contribution is 6.30. The van der Waals surface area contributed by atoms with Crippen LogP contribution in [0.15, 0.2) is 36.5 Å². The number of hydrogen-bond donors (Lipinski definition) is 1. The maximum Gasteiger partial charge on any atom is 0.323 e. The molecule has 31 heavy (non-hydrogen) atoms. The molecule has 2 heterocycles. The van der Waals surface area contributed by atoms with Gasteiger partial charge < -0.3 is 4.90 Å². The van der Waals surface area contributed by atoms with Crippen molar-refractivity contribution in [2.45, 2.75) is 58.5 Å². The molecule has 1 fully saturated rings. The Morgan fingerprint density at radius 3 is 2.65 bits per heavy atom. The number of urea groups is 1. The topological polar surface area (TPSA) is 48.5 Å². The lowest BCUT2D eigenvalue weighted by molar-refractivity contribution is 0.0855. The Labute approximate surface area is 190 Å². The van der Waals surface area contributed by atoms with E-state index in [4.69, 9.17) is 11.6 Å². The SMILES string of the molecule is CC(C)CC1CN(Cc2ccc(Cl)cc2)CCN1C(=O)Nc1cc2c(cn1)CCCC2. The van der Waals surface area contributed by atoms with Crippen LogP contribution in [0, 0.1) is 5.92 Å². The van der Waals surface area contributed by atoms with Crippen molar-refractivity contribution in [2.75, 3.05) is 25.0 Å². The van der Waals surface area contributed by atoms with Crippen molar-refractivity contribution >= 4 is 23.4 Å². The molecule has 0 radical (unpaired) electrons. The quantitative estimate of drug-likeness (QED) is 0.679. The number of pyridine rings is 1. The second kappa shape index (κ2) is 10.0. The van der Waals surface area contributed by atoms with Crippen LogP contribution in [-0.2, 0) is 19.4 Å². The number of hydrogen-bond acceptors (Lipinski definition) is 3. The molecule has 0 spiro atoms. The molecule has 4 rings (SSSR count). The third-order valence-electron chi connectivity index (χ3n) is 6.35. The predicted molar refractivity (Wildman–Crippen MR) is 127 cm³/mol. The van der Waals surface area contributed by atoms with Crippen LogP contribution in [0.1, 0.15) is 49.8 Å². The van der Waals surface area contributed by atoms with Crippen molar-refractivity contribution in [3.8, 4) is 0 Å². The molecule has 5 nitrogen and oxygen atoms in total. The number of nitrogens with one attached hydrogen (secondary N) is 1. The number of carbonyl (C=O) groups excluding carboxylic acids is 1. The largest absolute Gasteiger partial charge is 0.323 e. The number of aryl methyl sites for hydroxylation is 2. The fraction of sp³-hybridized carbons (Fsp3) is 0.520. The highest BCUT2D eigenvalue weighted by atomic mass is 35.5. The summed E-state index contributed by atoms with van der Waals surface area (Å²) in [5, 5.41) is 3.84. The minimum absolute atomic E-state index is 0.0277. The second-order valence-electron chi connectivity index (χ2n) is 9.31. The third-order valence-corrected chi connectivity index (χ3v) is 6.60. The number of carbonyl (C=O) groups is 1. The molecular weight excluding hydrogens is 408 g/mol. The molecule has 1 N–H and O–H groups in total. The van der Waals surface area contributed by atoms with Crippen LogP contribution in [0.25, 0.3) is 0 Å². The number of rotatable bonds is 5. The van der Waals surface area contributed by atoms with Crippen LogP contribution in [0.3, 0.4) is 0 Å². The van der Waals surface area contributed by atoms with E-state index >= 15 is 0 Å². The van der Waals surface area contributed by atoms with E-state index < -0.39 is 0 Å². The molecule has 1 aromatic carbocycles. The maximum atomic E-state index is 13.2. The number of piperazine rings is 1. The summed E-state index contributed by atoms with van der Waals surface area (Å²) >= 11 is 6.02. The number of aromatic nitrogens is 1. The average Bonchev–Trinajstić information content (AvgIpc) is 2.75. The number of anilines is 1. The molecule has 1 unspecified atom stereocenters. The van der Waals surface area contributed by atoms with Gasteiger partial charge >= 0.3 is 6.03 Å². The Bertz CT molecular complexity index is 899. The smallest absolute Gasteiger partial charge is 0.319 e. The van der Waals surface area contributed by atoms with Gasteiger partial charge in [0, 0.05) is 43.4 Å². The van der Waals surface area contributed by atoms with Gasteiger partial charge in [-0.3, -0.25) is 10.2 Å². The monoisotopic (exact) mass is 440 g/mol. The van der Waals surface area contributed by atoms with E-state index in [1.807, 2.05) is 23.2 Å². The zero-order valence-corrected chi connectivity index (χ0v) is 19.4. The Hall–Kier alpha value is -2.11. The highest BCUT2D eigenvalue weighted by Gasteiger charge is 2.31. The van der Waals surface area contributed by atoms with Crippen molar-refractivity contribution in [3.63, 3.8) is 0 Å². The van der Waals surface area contributed by atoms with Gasteiger partial charge in [-0.1, -0.05) is 37.6 Å². The first-order valence-corrected chi connectivity index (χ1v) is 11.9. The van der Waals surface area contributed by atoms with Crippen molar-refractivity contribution < 1.29 is 4.79 Å². The Morgan fingerprint density at radius 1 is 1.16 bits per heavy atom. The van der Waals surface area contributed by atoms with Crippen LogP contribution in [0.4, 0.5) is 10.6 Å². The van der Waals surface area contributed by atoms with E-state index in [-0.39, 0.29) is 12.1 Å². The molecule has 6 heteroatoms. The summed E-state index contributed by atoms with van der Waals surface area (Å²) in [5.74, 6) is 1.20. The molecule has 1 saturated heterocycles. The van der Waals surface area contributed by atoms with E-state index in [0.717, 1.165) is 50.5 Å². The molecule has 1 aromatic heterocycles. The van der Waals surface area contributed by atoms with E-state index in [2.05, 4.69) is 47.2 Å². The average molecular weight is 441 g/mol. The lowest BCUT2D eigenvalue weighted by Gasteiger charge is -2.42. The Morgan fingerprint density at radius 2 is 1.90 bits per heavy atom. The molecule has 0 saturated carbocycles. The first kappa shape index (κ1) is 22.1. The standard InChI is InChI=1S/C25H33ClN4O/c1-18(2)13-23-17-29(16-19-7-9-22(26)10-8-19)11-12-30(23)25(31)28-24-14-20-5-3-4-6-21(20)15-27-24/h7-10,14-15,18,23H,3-6,11-13,16-17H2,1-2H3,(H,27,28,31). The number of nitrogens with zero attached hydrogens (tertiary/aromatic N) is 3.